The van der Waals surface area contributed by atoms with Crippen LogP contribution in [0.3, 0.4) is 0 Å². The first-order valence-electron chi connectivity index (χ1n) is 5.76. The van der Waals surface area contributed by atoms with Crippen LogP contribution in [0.15, 0.2) is 0 Å². The minimum absolute atomic E-state index is 0.0788. The topological polar surface area (TPSA) is 55.6 Å². The van der Waals surface area contributed by atoms with E-state index in [2.05, 4.69) is 6.92 Å². The van der Waals surface area contributed by atoms with Crippen LogP contribution in [-0.4, -0.2) is 41.6 Å². The van der Waals surface area contributed by atoms with E-state index in [4.69, 9.17) is 22.7 Å². The van der Waals surface area contributed by atoms with Gasteiger partial charge in [0, 0.05) is 12.5 Å². The van der Waals surface area contributed by atoms with Crippen LogP contribution in [0.2, 0.25) is 0 Å². The number of nitrogens with two attached hydrogens (primary N) is 1. The third kappa shape index (κ3) is 3.42. The highest BCUT2D eigenvalue weighted by atomic mass is 32.1. The summed E-state index contributed by atoms with van der Waals surface area (Å²) in [6.45, 7) is 5.72. The average molecular weight is 244 g/mol. The molecule has 0 saturated carbocycles. The van der Waals surface area contributed by atoms with Crippen molar-refractivity contribution in [3.63, 3.8) is 0 Å². The number of hydrogen-bond acceptors (Lipinski definition) is 3. The van der Waals surface area contributed by atoms with Gasteiger partial charge in [-0.25, -0.2) is 0 Å². The normalized spacial score (nSPS) is 22.9. The number of nitrogens with zero attached hydrogens (tertiary/aromatic N) is 1. The van der Waals surface area contributed by atoms with Crippen molar-refractivity contribution < 1.29 is 9.53 Å². The molecule has 5 heteroatoms. The van der Waals surface area contributed by atoms with Crippen molar-refractivity contribution in [1.29, 1.82) is 0 Å². The lowest BCUT2D eigenvalue weighted by atomic mass is 10.0. The van der Waals surface area contributed by atoms with Gasteiger partial charge in [-0.2, -0.15) is 0 Å². The maximum absolute atomic E-state index is 12.0. The Morgan fingerprint density at radius 3 is 2.94 bits per heavy atom. The fraction of sp³-hybridized carbons (Fsp3) is 0.818. The summed E-state index contributed by atoms with van der Waals surface area (Å²) in [6.07, 6.45) is 1.67. The lowest BCUT2D eigenvalue weighted by Gasteiger charge is -2.34. The predicted octanol–water partition coefficient (Wildman–Crippen LogP) is 0.936. The smallest absolute Gasteiger partial charge is 0.225 e. The summed E-state index contributed by atoms with van der Waals surface area (Å²) in [5, 5.41) is 0. The van der Waals surface area contributed by atoms with Gasteiger partial charge in [-0.05, 0) is 6.42 Å². The van der Waals surface area contributed by atoms with Crippen molar-refractivity contribution in [2.75, 3.05) is 19.7 Å². The highest BCUT2D eigenvalue weighted by molar-refractivity contribution is 7.80. The standard InChI is InChI=1S/C11H20N2O2S/c1-3-4-8(2)11(14)13-5-6-15-9(7-13)10(12)16/h8-9H,3-7H2,1-2H3,(H2,12,16). The largest absolute Gasteiger partial charge is 0.391 e. The van der Waals surface area contributed by atoms with Gasteiger partial charge in [0.25, 0.3) is 0 Å². The molecule has 16 heavy (non-hydrogen) atoms. The first-order chi connectivity index (χ1) is 7.56. The lowest BCUT2D eigenvalue weighted by Crippen LogP contribution is -2.51. The molecule has 1 fully saturated rings. The third-order valence-electron chi connectivity index (χ3n) is 2.84. The van der Waals surface area contributed by atoms with E-state index < -0.39 is 0 Å². The van der Waals surface area contributed by atoms with Gasteiger partial charge < -0.3 is 15.4 Å². The van der Waals surface area contributed by atoms with Crippen molar-refractivity contribution in [1.82, 2.24) is 4.90 Å². The van der Waals surface area contributed by atoms with Gasteiger partial charge >= 0.3 is 0 Å². The molecule has 0 spiro atoms. The molecule has 1 aliphatic heterocycles. The summed E-state index contributed by atoms with van der Waals surface area (Å²) < 4.78 is 5.40. The van der Waals surface area contributed by atoms with Crippen LogP contribution in [0, 0.1) is 5.92 Å². The Kier molecular flexibility index (Phi) is 5.15. The first-order valence-corrected chi connectivity index (χ1v) is 6.16. The van der Waals surface area contributed by atoms with E-state index in [1.54, 1.807) is 0 Å². The number of ether oxygens (including phenoxy) is 1. The van der Waals surface area contributed by atoms with Crippen LogP contribution in [0.25, 0.3) is 0 Å². The summed E-state index contributed by atoms with van der Waals surface area (Å²) in [4.78, 5) is 14.2. The lowest BCUT2D eigenvalue weighted by molar-refractivity contribution is -0.140. The van der Waals surface area contributed by atoms with Gasteiger partial charge in [-0.1, -0.05) is 32.5 Å². The first kappa shape index (κ1) is 13.4. The zero-order valence-electron chi connectivity index (χ0n) is 9.94. The van der Waals surface area contributed by atoms with Gasteiger partial charge in [0.05, 0.1) is 13.2 Å². The molecule has 92 valence electrons. The third-order valence-corrected chi connectivity index (χ3v) is 3.10. The van der Waals surface area contributed by atoms with Gasteiger partial charge in [0.2, 0.25) is 5.91 Å². The van der Waals surface area contributed by atoms with E-state index in [9.17, 15) is 4.79 Å². The van der Waals surface area contributed by atoms with Crippen LogP contribution < -0.4 is 5.73 Å². The molecule has 0 aliphatic carbocycles. The summed E-state index contributed by atoms with van der Waals surface area (Å²) in [7, 11) is 0. The molecule has 0 bridgehead atoms. The highest BCUT2D eigenvalue weighted by Crippen LogP contribution is 2.13. The zero-order chi connectivity index (χ0) is 12.1. The van der Waals surface area contributed by atoms with E-state index in [0.29, 0.717) is 24.7 Å². The summed E-state index contributed by atoms with van der Waals surface area (Å²) in [5.41, 5.74) is 5.53. The molecule has 1 amide bonds. The van der Waals surface area contributed by atoms with E-state index in [0.717, 1.165) is 12.8 Å². The summed E-state index contributed by atoms with van der Waals surface area (Å²) in [5.74, 6) is 0.265. The Labute approximate surface area is 102 Å². The Morgan fingerprint density at radius 1 is 1.69 bits per heavy atom. The molecular formula is C11H20N2O2S. The Balaban J connectivity index is 2.53. The molecule has 0 aromatic carbocycles. The number of carbonyl (C=O) groups excluding carboxylic acids is 1. The van der Waals surface area contributed by atoms with Gasteiger partial charge in [-0.3, -0.25) is 4.79 Å². The molecule has 1 aliphatic rings. The van der Waals surface area contributed by atoms with Crippen molar-refractivity contribution in [3.05, 3.63) is 0 Å². The fourth-order valence-electron chi connectivity index (χ4n) is 1.89. The maximum atomic E-state index is 12.0. The molecule has 2 unspecified atom stereocenters. The van der Waals surface area contributed by atoms with Crippen molar-refractivity contribution >= 4 is 23.1 Å². The molecule has 0 aromatic heterocycles. The maximum Gasteiger partial charge on any atom is 0.225 e. The van der Waals surface area contributed by atoms with Crippen LogP contribution in [0.5, 0.6) is 0 Å². The zero-order valence-corrected chi connectivity index (χ0v) is 10.8. The Morgan fingerprint density at radius 2 is 2.38 bits per heavy atom. The number of amides is 1. The number of hydrogen-bond donors (Lipinski definition) is 1. The molecule has 4 nitrogen and oxygen atoms in total. The summed E-state index contributed by atoms with van der Waals surface area (Å²) >= 11 is 4.89. The second-order valence-electron chi connectivity index (χ2n) is 4.24. The van der Waals surface area contributed by atoms with Crippen LogP contribution >= 0.6 is 12.2 Å². The highest BCUT2D eigenvalue weighted by Gasteiger charge is 2.27. The summed E-state index contributed by atoms with van der Waals surface area (Å²) in [6, 6.07) is 0. The van der Waals surface area contributed by atoms with Crippen LogP contribution in [0.4, 0.5) is 0 Å². The predicted molar refractivity (Wildman–Crippen MR) is 67.2 cm³/mol. The number of carbonyl (C=O) groups is 1. The van der Waals surface area contributed by atoms with Gasteiger partial charge in [0.15, 0.2) is 0 Å². The van der Waals surface area contributed by atoms with Crippen LogP contribution in [-0.2, 0) is 9.53 Å². The van der Waals surface area contributed by atoms with Gasteiger partial charge in [0.1, 0.15) is 11.1 Å². The van der Waals surface area contributed by atoms with Crippen molar-refractivity contribution in [2.24, 2.45) is 11.7 Å². The van der Waals surface area contributed by atoms with E-state index in [1.807, 2.05) is 11.8 Å². The second-order valence-corrected chi connectivity index (χ2v) is 4.71. The Bertz CT molecular complexity index is 271. The minimum Gasteiger partial charge on any atom is -0.391 e. The molecule has 1 saturated heterocycles. The van der Waals surface area contributed by atoms with E-state index >= 15 is 0 Å². The molecule has 2 N–H and O–H groups in total. The quantitative estimate of drug-likeness (QED) is 0.748. The van der Waals surface area contributed by atoms with Crippen LogP contribution in [0.1, 0.15) is 26.7 Å². The monoisotopic (exact) mass is 244 g/mol. The molecule has 0 radical (unpaired) electrons. The minimum atomic E-state index is -0.276. The number of rotatable bonds is 4. The molecule has 1 heterocycles. The number of thiocarbonyl (C=S) groups is 1. The average Bonchev–Trinajstić information content (AvgIpc) is 2.28. The Hall–Kier alpha value is -0.680. The molecule has 0 aromatic rings. The molecule has 1 rings (SSSR count). The SMILES string of the molecule is CCCC(C)C(=O)N1CCOC(C(N)=S)C1. The number of morpholine rings is 1. The molecular weight excluding hydrogens is 224 g/mol. The van der Waals surface area contributed by atoms with Gasteiger partial charge in [-0.15, -0.1) is 0 Å². The van der Waals surface area contributed by atoms with Crippen molar-refractivity contribution in [2.45, 2.75) is 32.8 Å². The second kappa shape index (κ2) is 6.15. The van der Waals surface area contributed by atoms with Crippen molar-refractivity contribution in [3.8, 4) is 0 Å². The molecule has 2 atom stereocenters. The van der Waals surface area contributed by atoms with E-state index in [-0.39, 0.29) is 17.9 Å². The van der Waals surface area contributed by atoms with E-state index in [1.165, 1.54) is 0 Å². The fourth-order valence-corrected chi connectivity index (χ4v) is 2.03.